The van der Waals surface area contributed by atoms with Crippen LogP contribution >= 0.6 is 15.9 Å². The number of aromatic nitrogens is 2. The van der Waals surface area contributed by atoms with E-state index in [4.69, 9.17) is 0 Å². The van der Waals surface area contributed by atoms with Crippen LogP contribution in [0, 0.1) is 5.82 Å². The smallest absolute Gasteiger partial charge is 0.173 e. The van der Waals surface area contributed by atoms with Gasteiger partial charge in [0.2, 0.25) is 0 Å². The van der Waals surface area contributed by atoms with Gasteiger partial charge in [0.15, 0.2) is 5.78 Å². The van der Waals surface area contributed by atoms with Crippen LogP contribution in [-0.2, 0) is 13.0 Å². The Morgan fingerprint density at radius 3 is 3.00 bits per heavy atom. The molecule has 5 heteroatoms. The molecule has 3 nitrogen and oxygen atoms in total. The molecule has 1 aromatic heterocycles. The first-order valence-electron chi connectivity index (χ1n) is 6.10. The summed E-state index contributed by atoms with van der Waals surface area (Å²) in [5.41, 5.74) is 0.0976. The largest absolute Gasteiger partial charge is 0.335 e. The van der Waals surface area contributed by atoms with Crippen molar-refractivity contribution in [1.82, 2.24) is 9.55 Å². The van der Waals surface area contributed by atoms with E-state index in [1.807, 2.05) is 10.8 Å². The molecule has 0 amide bonds. The van der Waals surface area contributed by atoms with Gasteiger partial charge in [-0.15, -0.1) is 0 Å². The molecule has 1 aromatic carbocycles. The van der Waals surface area contributed by atoms with Gasteiger partial charge in [-0.2, -0.15) is 0 Å². The third-order valence-corrected chi connectivity index (χ3v) is 3.45. The highest BCUT2D eigenvalue weighted by molar-refractivity contribution is 9.10. The van der Waals surface area contributed by atoms with E-state index in [2.05, 4.69) is 27.8 Å². The van der Waals surface area contributed by atoms with Crippen LogP contribution in [0.5, 0.6) is 0 Å². The average molecular weight is 325 g/mol. The molecule has 0 saturated carbocycles. The van der Waals surface area contributed by atoms with Crippen LogP contribution in [0.4, 0.5) is 4.39 Å². The maximum absolute atomic E-state index is 13.8. The van der Waals surface area contributed by atoms with Gasteiger partial charge < -0.3 is 4.57 Å². The predicted molar refractivity (Wildman–Crippen MR) is 74.7 cm³/mol. The SMILES string of the molecule is CCCn1ccnc1CC(=O)c1cccc(Br)c1F. The van der Waals surface area contributed by atoms with Crippen molar-refractivity contribution >= 4 is 21.7 Å². The van der Waals surface area contributed by atoms with Crippen molar-refractivity contribution in [3.8, 4) is 0 Å². The zero-order valence-electron chi connectivity index (χ0n) is 10.6. The van der Waals surface area contributed by atoms with Crippen LogP contribution in [0.25, 0.3) is 0 Å². The lowest BCUT2D eigenvalue weighted by atomic mass is 10.1. The number of halogens is 2. The molecule has 0 aliphatic heterocycles. The van der Waals surface area contributed by atoms with Crippen molar-refractivity contribution in [2.45, 2.75) is 26.3 Å². The molecule has 2 rings (SSSR count). The Labute approximate surface area is 119 Å². The highest BCUT2D eigenvalue weighted by atomic mass is 79.9. The zero-order valence-corrected chi connectivity index (χ0v) is 12.2. The Morgan fingerprint density at radius 1 is 1.47 bits per heavy atom. The number of benzene rings is 1. The molecule has 0 saturated heterocycles. The second kappa shape index (κ2) is 6.10. The summed E-state index contributed by atoms with van der Waals surface area (Å²) < 4.78 is 16.1. The van der Waals surface area contributed by atoms with E-state index in [9.17, 15) is 9.18 Å². The summed E-state index contributed by atoms with van der Waals surface area (Å²) in [6, 6.07) is 4.72. The molecule has 0 fully saturated rings. The maximum atomic E-state index is 13.8. The van der Waals surface area contributed by atoms with Crippen LogP contribution < -0.4 is 0 Å². The summed E-state index contributed by atoms with van der Waals surface area (Å²) in [6.45, 7) is 2.86. The summed E-state index contributed by atoms with van der Waals surface area (Å²) in [4.78, 5) is 16.3. The van der Waals surface area contributed by atoms with E-state index in [0.717, 1.165) is 13.0 Å². The lowest BCUT2D eigenvalue weighted by molar-refractivity contribution is 0.0985. The third kappa shape index (κ3) is 3.10. The molecule has 0 bridgehead atoms. The molecular formula is C14H14BrFN2O. The first kappa shape index (κ1) is 13.9. The minimum atomic E-state index is -0.513. The van der Waals surface area contributed by atoms with Crippen molar-refractivity contribution in [3.05, 3.63) is 52.3 Å². The maximum Gasteiger partial charge on any atom is 0.173 e. The normalized spacial score (nSPS) is 10.7. The van der Waals surface area contributed by atoms with Gasteiger partial charge in [-0.1, -0.05) is 13.0 Å². The summed E-state index contributed by atoms with van der Waals surface area (Å²) in [5.74, 6) is -0.102. The van der Waals surface area contributed by atoms with Crippen LogP contribution in [-0.4, -0.2) is 15.3 Å². The molecule has 0 radical (unpaired) electrons. The van der Waals surface area contributed by atoms with E-state index >= 15 is 0 Å². The topological polar surface area (TPSA) is 34.9 Å². The number of aryl methyl sites for hydroxylation is 1. The van der Waals surface area contributed by atoms with E-state index in [0.29, 0.717) is 10.3 Å². The highest BCUT2D eigenvalue weighted by Crippen LogP contribution is 2.20. The van der Waals surface area contributed by atoms with Gasteiger partial charge in [-0.25, -0.2) is 9.37 Å². The standard InChI is InChI=1S/C14H14BrFN2O/c1-2-7-18-8-6-17-13(18)9-12(19)10-4-3-5-11(15)14(10)16/h3-6,8H,2,7,9H2,1H3. The molecule has 0 aliphatic rings. The van der Waals surface area contributed by atoms with Crippen LogP contribution in [0.15, 0.2) is 35.1 Å². The van der Waals surface area contributed by atoms with Crippen molar-refractivity contribution in [2.24, 2.45) is 0 Å². The van der Waals surface area contributed by atoms with Gasteiger partial charge in [0, 0.05) is 18.9 Å². The van der Waals surface area contributed by atoms with Crippen LogP contribution in [0.3, 0.4) is 0 Å². The summed E-state index contributed by atoms with van der Waals surface area (Å²) >= 11 is 3.08. The molecule has 100 valence electrons. The zero-order chi connectivity index (χ0) is 13.8. The highest BCUT2D eigenvalue weighted by Gasteiger charge is 2.16. The van der Waals surface area contributed by atoms with Gasteiger partial charge in [-0.05, 0) is 34.5 Å². The lowest BCUT2D eigenvalue weighted by Gasteiger charge is -2.07. The first-order valence-corrected chi connectivity index (χ1v) is 6.90. The fourth-order valence-corrected chi connectivity index (χ4v) is 2.28. The molecule has 0 spiro atoms. The van der Waals surface area contributed by atoms with E-state index in [-0.39, 0.29) is 17.8 Å². The number of imidazole rings is 1. The Balaban J connectivity index is 2.21. The Kier molecular flexibility index (Phi) is 4.47. The van der Waals surface area contributed by atoms with Crippen molar-refractivity contribution < 1.29 is 9.18 Å². The molecule has 0 N–H and O–H groups in total. The molecule has 19 heavy (non-hydrogen) atoms. The van der Waals surface area contributed by atoms with Gasteiger partial charge in [0.05, 0.1) is 16.5 Å². The van der Waals surface area contributed by atoms with Crippen molar-refractivity contribution in [3.63, 3.8) is 0 Å². The second-order valence-corrected chi connectivity index (χ2v) is 5.09. The summed E-state index contributed by atoms with van der Waals surface area (Å²) in [6.07, 6.45) is 4.57. The summed E-state index contributed by atoms with van der Waals surface area (Å²) in [7, 11) is 0. The average Bonchev–Trinajstić information content (AvgIpc) is 2.80. The number of hydrogen-bond donors (Lipinski definition) is 0. The molecule has 0 atom stereocenters. The monoisotopic (exact) mass is 324 g/mol. The van der Waals surface area contributed by atoms with Gasteiger partial charge in [0.1, 0.15) is 11.6 Å². The van der Waals surface area contributed by atoms with E-state index < -0.39 is 5.82 Å². The van der Waals surface area contributed by atoms with E-state index in [1.54, 1.807) is 18.3 Å². The van der Waals surface area contributed by atoms with Crippen molar-refractivity contribution in [2.75, 3.05) is 0 Å². The van der Waals surface area contributed by atoms with E-state index in [1.165, 1.54) is 6.07 Å². The second-order valence-electron chi connectivity index (χ2n) is 4.24. The third-order valence-electron chi connectivity index (χ3n) is 2.84. The fourth-order valence-electron chi connectivity index (χ4n) is 1.91. The van der Waals surface area contributed by atoms with Gasteiger partial charge in [-0.3, -0.25) is 4.79 Å². The molecular weight excluding hydrogens is 311 g/mol. The van der Waals surface area contributed by atoms with Crippen LogP contribution in [0.2, 0.25) is 0 Å². The van der Waals surface area contributed by atoms with Crippen LogP contribution in [0.1, 0.15) is 29.5 Å². The number of carbonyl (C=O) groups is 1. The number of hydrogen-bond acceptors (Lipinski definition) is 2. The minimum absolute atomic E-state index is 0.0976. The Morgan fingerprint density at radius 2 is 2.26 bits per heavy atom. The molecule has 0 aliphatic carbocycles. The van der Waals surface area contributed by atoms with Gasteiger partial charge in [0.25, 0.3) is 0 Å². The molecule has 2 aromatic rings. The molecule has 0 unspecified atom stereocenters. The first-order chi connectivity index (χ1) is 9.13. The lowest BCUT2D eigenvalue weighted by Crippen LogP contribution is -2.11. The number of nitrogens with zero attached hydrogens (tertiary/aromatic N) is 2. The number of carbonyl (C=O) groups excluding carboxylic acids is 1. The molecule has 1 heterocycles. The fraction of sp³-hybridized carbons (Fsp3) is 0.286. The summed E-state index contributed by atoms with van der Waals surface area (Å²) in [5, 5.41) is 0. The number of Topliss-reactive ketones (excluding diaryl/α,β-unsaturated/α-hetero) is 1. The number of rotatable bonds is 5. The minimum Gasteiger partial charge on any atom is -0.335 e. The number of ketones is 1. The Bertz CT molecular complexity index is 595. The Hall–Kier alpha value is -1.49. The van der Waals surface area contributed by atoms with Gasteiger partial charge >= 0.3 is 0 Å². The van der Waals surface area contributed by atoms with Crippen molar-refractivity contribution in [1.29, 1.82) is 0 Å². The quantitative estimate of drug-likeness (QED) is 0.787. The predicted octanol–water partition coefficient (Wildman–Crippen LogP) is 3.62.